The summed E-state index contributed by atoms with van der Waals surface area (Å²) in [5.74, 6) is -0.140. The quantitative estimate of drug-likeness (QED) is 0.827. The average molecular weight is 274 g/mol. The number of hydrogen-bond acceptors (Lipinski definition) is 3. The van der Waals surface area contributed by atoms with Crippen LogP contribution in [0, 0.1) is 0 Å². The molecule has 2 heterocycles. The van der Waals surface area contributed by atoms with Gasteiger partial charge in [-0.2, -0.15) is 0 Å². The first kappa shape index (κ1) is 12.0. The zero-order valence-corrected chi connectivity index (χ0v) is 10.9. The summed E-state index contributed by atoms with van der Waals surface area (Å²) in [5.41, 5.74) is 3.58. The molecule has 3 rings (SSSR count). The van der Waals surface area contributed by atoms with Gasteiger partial charge in [-0.05, 0) is 42.3 Å². The minimum atomic E-state index is -0.140. The van der Waals surface area contributed by atoms with Crippen LogP contribution in [0.25, 0.3) is 0 Å². The van der Waals surface area contributed by atoms with Gasteiger partial charge in [-0.25, -0.2) is 4.98 Å². The molecule has 0 atom stereocenters. The molecule has 5 heteroatoms. The Bertz CT molecular complexity index is 625. The van der Waals surface area contributed by atoms with Crippen LogP contribution in [0.3, 0.4) is 0 Å². The van der Waals surface area contributed by atoms with Crippen molar-refractivity contribution in [3.8, 4) is 0 Å². The zero-order valence-electron chi connectivity index (χ0n) is 10.1. The Morgan fingerprint density at radius 1 is 1.32 bits per heavy atom. The number of fused-ring (bicyclic) bond motifs is 1. The highest BCUT2D eigenvalue weighted by Crippen LogP contribution is 2.23. The molecule has 1 aromatic carbocycles. The van der Waals surface area contributed by atoms with E-state index in [2.05, 4.69) is 15.6 Å². The molecule has 0 aliphatic carbocycles. The predicted molar refractivity (Wildman–Crippen MR) is 75.8 cm³/mol. The fraction of sp³-hybridized carbons (Fsp3) is 0.143. The number of halogens is 1. The Morgan fingerprint density at radius 2 is 2.21 bits per heavy atom. The number of anilines is 2. The van der Waals surface area contributed by atoms with E-state index in [1.807, 2.05) is 18.2 Å². The first-order valence-electron chi connectivity index (χ1n) is 6.02. The Hall–Kier alpha value is -2.07. The number of nitrogens with zero attached hydrogens (tertiary/aromatic N) is 1. The molecule has 1 aliphatic heterocycles. The number of carbonyl (C=O) groups excluding carboxylic acids is 1. The maximum absolute atomic E-state index is 12.1. The topological polar surface area (TPSA) is 54.0 Å². The van der Waals surface area contributed by atoms with Crippen molar-refractivity contribution < 1.29 is 4.79 Å². The number of hydrogen-bond donors (Lipinski definition) is 2. The molecule has 1 aromatic heterocycles. The van der Waals surface area contributed by atoms with E-state index in [-0.39, 0.29) is 5.91 Å². The number of carbonyl (C=O) groups is 1. The van der Waals surface area contributed by atoms with E-state index >= 15 is 0 Å². The van der Waals surface area contributed by atoms with Crippen LogP contribution in [0.2, 0.25) is 5.15 Å². The lowest BCUT2D eigenvalue weighted by molar-refractivity contribution is 0.102. The maximum atomic E-state index is 12.1. The molecule has 0 saturated heterocycles. The fourth-order valence-corrected chi connectivity index (χ4v) is 2.21. The van der Waals surface area contributed by atoms with Gasteiger partial charge in [0.25, 0.3) is 5.91 Å². The van der Waals surface area contributed by atoms with E-state index in [1.54, 1.807) is 12.1 Å². The van der Waals surface area contributed by atoms with Crippen LogP contribution in [-0.4, -0.2) is 17.4 Å². The Balaban J connectivity index is 1.78. The highest BCUT2D eigenvalue weighted by Gasteiger charge is 2.13. The first-order chi connectivity index (χ1) is 9.22. The fourth-order valence-electron chi connectivity index (χ4n) is 2.10. The molecule has 2 aromatic rings. The standard InChI is InChI=1S/C14H12ClN3O/c15-13-4-2-11(8-17-13)18-14(19)10-1-3-12-9(7-10)5-6-16-12/h1-4,7-8,16H,5-6H2,(H,18,19). The molecule has 0 fully saturated rings. The van der Waals surface area contributed by atoms with Crippen LogP contribution in [0.1, 0.15) is 15.9 Å². The normalized spacial score (nSPS) is 12.7. The first-order valence-corrected chi connectivity index (χ1v) is 6.40. The van der Waals surface area contributed by atoms with Crippen molar-refractivity contribution in [3.63, 3.8) is 0 Å². The second-order valence-corrected chi connectivity index (χ2v) is 4.76. The highest BCUT2D eigenvalue weighted by molar-refractivity contribution is 6.29. The molecule has 4 nitrogen and oxygen atoms in total. The molecule has 0 radical (unpaired) electrons. The van der Waals surface area contributed by atoms with Gasteiger partial charge in [-0.15, -0.1) is 0 Å². The van der Waals surface area contributed by atoms with Crippen molar-refractivity contribution in [1.29, 1.82) is 0 Å². The summed E-state index contributed by atoms with van der Waals surface area (Å²) < 4.78 is 0. The van der Waals surface area contributed by atoms with E-state index in [0.29, 0.717) is 16.4 Å². The van der Waals surface area contributed by atoms with Crippen molar-refractivity contribution in [3.05, 3.63) is 52.8 Å². The van der Waals surface area contributed by atoms with Crippen LogP contribution in [0.4, 0.5) is 11.4 Å². The number of rotatable bonds is 2. The van der Waals surface area contributed by atoms with E-state index in [0.717, 1.165) is 18.7 Å². The number of nitrogens with one attached hydrogen (secondary N) is 2. The third-order valence-corrected chi connectivity index (χ3v) is 3.29. The minimum Gasteiger partial charge on any atom is -0.384 e. The Morgan fingerprint density at radius 3 is 3.00 bits per heavy atom. The van der Waals surface area contributed by atoms with Gasteiger partial charge < -0.3 is 10.6 Å². The maximum Gasteiger partial charge on any atom is 0.255 e. The van der Waals surface area contributed by atoms with Crippen molar-refractivity contribution in [2.45, 2.75) is 6.42 Å². The zero-order chi connectivity index (χ0) is 13.2. The van der Waals surface area contributed by atoms with Gasteiger partial charge in [0.2, 0.25) is 0 Å². The van der Waals surface area contributed by atoms with Crippen LogP contribution < -0.4 is 10.6 Å². The summed E-state index contributed by atoms with van der Waals surface area (Å²) in [6, 6.07) is 9.05. The Labute approximate surface area is 115 Å². The smallest absolute Gasteiger partial charge is 0.255 e. The lowest BCUT2D eigenvalue weighted by atomic mass is 10.1. The number of pyridine rings is 1. The molecule has 1 amide bonds. The van der Waals surface area contributed by atoms with Gasteiger partial charge in [0.1, 0.15) is 5.15 Å². The number of benzene rings is 1. The third kappa shape index (κ3) is 2.53. The molecule has 19 heavy (non-hydrogen) atoms. The molecule has 0 saturated carbocycles. The van der Waals surface area contributed by atoms with Gasteiger partial charge in [0, 0.05) is 17.8 Å². The van der Waals surface area contributed by atoms with Crippen LogP contribution >= 0.6 is 11.6 Å². The summed E-state index contributed by atoms with van der Waals surface area (Å²) in [6.45, 7) is 0.932. The molecule has 1 aliphatic rings. The van der Waals surface area contributed by atoms with E-state index in [1.165, 1.54) is 11.8 Å². The number of aromatic nitrogens is 1. The molecule has 96 valence electrons. The second kappa shape index (κ2) is 4.90. The van der Waals surface area contributed by atoms with Crippen molar-refractivity contribution in [2.75, 3.05) is 17.2 Å². The summed E-state index contributed by atoms with van der Waals surface area (Å²) >= 11 is 5.70. The van der Waals surface area contributed by atoms with Gasteiger partial charge in [-0.3, -0.25) is 4.79 Å². The average Bonchev–Trinajstić information content (AvgIpc) is 2.88. The summed E-state index contributed by atoms with van der Waals surface area (Å²) in [6.07, 6.45) is 2.49. The summed E-state index contributed by atoms with van der Waals surface area (Å²) in [5, 5.41) is 6.47. The molecule has 0 unspecified atom stereocenters. The summed E-state index contributed by atoms with van der Waals surface area (Å²) in [4.78, 5) is 16.0. The molecule has 2 N–H and O–H groups in total. The Kier molecular flexibility index (Phi) is 3.09. The van der Waals surface area contributed by atoms with Gasteiger partial charge in [0.15, 0.2) is 0 Å². The monoisotopic (exact) mass is 273 g/mol. The lowest BCUT2D eigenvalue weighted by Gasteiger charge is -2.06. The van der Waals surface area contributed by atoms with E-state index in [4.69, 9.17) is 11.6 Å². The SMILES string of the molecule is O=C(Nc1ccc(Cl)nc1)c1ccc2c(c1)CCN2. The minimum absolute atomic E-state index is 0.140. The van der Waals surface area contributed by atoms with Crippen LogP contribution in [0.15, 0.2) is 36.5 Å². The van der Waals surface area contributed by atoms with Crippen LogP contribution in [-0.2, 0) is 6.42 Å². The van der Waals surface area contributed by atoms with Gasteiger partial charge in [0.05, 0.1) is 11.9 Å². The van der Waals surface area contributed by atoms with E-state index < -0.39 is 0 Å². The van der Waals surface area contributed by atoms with E-state index in [9.17, 15) is 4.79 Å². The summed E-state index contributed by atoms with van der Waals surface area (Å²) in [7, 11) is 0. The lowest BCUT2D eigenvalue weighted by Crippen LogP contribution is -2.12. The predicted octanol–water partition coefficient (Wildman–Crippen LogP) is 2.96. The van der Waals surface area contributed by atoms with Crippen molar-refractivity contribution in [1.82, 2.24) is 4.98 Å². The van der Waals surface area contributed by atoms with Gasteiger partial charge >= 0.3 is 0 Å². The second-order valence-electron chi connectivity index (χ2n) is 4.37. The highest BCUT2D eigenvalue weighted by atomic mass is 35.5. The van der Waals surface area contributed by atoms with Crippen LogP contribution in [0.5, 0.6) is 0 Å². The largest absolute Gasteiger partial charge is 0.384 e. The molecule has 0 spiro atoms. The molecular formula is C14H12ClN3O. The molecule has 0 bridgehead atoms. The van der Waals surface area contributed by atoms with Crippen molar-refractivity contribution >= 4 is 28.9 Å². The molecular weight excluding hydrogens is 262 g/mol. The van der Waals surface area contributed by atoms with Crippen molar-refractivity contribution in [2.24, 2.45) is 0 Å². The number of amides is 1. The van der Waals surface area contributed by atoms with Gasteiger partial charge in [-0.1, -0.05) is 11.6 Å². The third-order valence-electron chi connectivity index (χ3n) is 3.06.